The average molecular weight is 606 g/mol. The molecule has 2 heterocycles. The number of aliphatic carboxylic acids is 1. The van der Waals surface area contributed by atoms with Crippen molar-refractivity contribution in [3.8, 4) is 0 Å². The molecule has 3 aromatic rings. The van der Waals surface area contributed by atoms with Crippen LogP contribution >= 0.6 is 11.6 Å². The van der Waals surface area contributed by atoms with Crippen molar-refractivity contribution in [2.75, 3.05) is 23.2 Å². The Hall–Kier alpha value is -3.85. The van der Waals surface area contributed by atoms with Gasteiger partial charge in [0.25, 0.3) is 10.0 Å². The molecule has 0 aliphatic carbocycles. The largest absolute Gasteiger partial charge is 0.490 e. The predicted octanol–water partition coefficient (Wildman–Crippen LogP) is 4.29. The first-order valence-corrected chi connectivity index (χ1v) is 13.3. The maximum atomic E-state index is 12.7. The number of aryl methyl sites for hydroxylation is 2. The average Bonchev–Trinajstić information content (AvgIpc) is 3.09. The fourth-order valence-corrected chi connectivity index (χ4v) is 5.18. The van der Waals surface area contributed by atoms with Crippen LogP contribution in [0, 0.1) is 13.8 Å². The number of hydrogen-bond donors (Lipinski definition) is 3. The van der Waals surface area contributed by atoms with Crippen LogP contribution in [0.15, 0.2) is 41.4 Å². The molecule has 0 bridgehead atoms. The molecule has 3 N–H and O–H groups in total. The van der Waals surface area contributed by atoms with Crippen molar-refractivity contribution in [2.24, 2.45) is 7.05 Å². The number of nitrogens with zero attached hydrogens (tertiary/aromatic N) is 4. The normalized spacial score (nSPS) is 11.4. The third-order valence-electron chi connectivity index (χ3n) is 5.66. The fraction of sp³-hybridized carbons (Fsp3) is 0.333. The van der Waals surface area contributed by atoms with Crippen molar-refractivity contribution >= 4 is 45.1 Å². The van der Waals surface area contributed by atoms with Crippen molar-refractivity contribution in [2.45, 2.75) is 37.8 Å². The molecule has 0 aliphatic heterocycles. The molecule has 3 rings (SSSR count). The lowest BCUT2D eigenvalue weighted by Crippen LogP contribution is -2.23. The Morgan fingerprint density at radius 1 is 1.18 bits per heavy atom. The van der Waals surface area contributed by atoms with E-state index < -0.39 is 28.1 Å². The maximum Gasteiger partial charge on any atom is 0.490 e. The molecule has 11 nitrogen and oxygen atoms in total. The highest BCUT2D eigenvalue weighted by atomic mass is 35.5. The summed E-state index contributed by atoms with van der Waals surface area (Å²) in [5, 5.41) is 21.3. The molecule has 0 atom stereocenters. The number of sulfonamides is 1. The van der Waals surface area contributed by atoms with Crippen LogP contribution in [0.4, 0.5) is 24.7 Å². The SMILES string of the molecule is Cc1nn(C)c(C)c1CCCN(C)c1ncc(NS(=O)(=O)c2ccccc2Cl)cc1C(=O)O.O=C(O)C(F)(F)F. The highest BCUT2D eigenvalue weighted by Crippen LogP contribution is 2.26. The van der Waals surface area contributed by atoms with Gasteiger partial charge in [0.2, 0.25) is 0 Å². The van der Waals surface area contributed by atoms with Crippen LogP contribution in [-0.2, 0) is 28.3 Å². The number of carbonyl (C=O) groups is 2. The fourth-order valence-electron chi connectivity index (χ4n) is 3.63. The quantitative estimate of drug-likeness (QED) is 0.324. The lowest BCUT2D eigenvalue weighted by molar-refractivity contribution is -0.192. The third-order valence-corrected chi connectivity index (χ3v) is 7.54. The van der Waals surface area contributed by atoms with E-state index in [4.69, 9.17) is 21.5 Å². The first-order chi connectivity index (χ1) is 18.5. The molecule has 0 radical (unpaired) electrons. The Kier molecular flexibility index (Phi) is 10.5. The molecule has 0 unspecified atom stereocenters. The predicted molar refractivity (Wildman–Crippen MR) is 141 cm³/mol. The van der Waals surface area contributed by atoms with E-state index in [0.717, 1.165) is 24.2 Å². The van der Waals surface area contributed by atoms with Crippen molar-refractivity contribution in [3.05, 3.63) is 64.1 Å². The Labute approximate surface area is 233 Å². The zero-order chi connectivity index (χ0) is 30.4. The number of rotatable bonds is 9. The summed E-state index contributed by atoms with van der Waals surface area (Å²) < 4.78 is 61.3. The number of hydrogen-bond acceptors (Lipinski definition) is 7. The Morgan fingerprint density at radius 2 is 1.77 bits per heavy atom. The number of halogens is 4. The standard InChI is InChI=1S/C22H26ClN5O4S.C2HF3O2/c1-14-17(15(2)28(4)25-14)8-7-11-27(3)21-18(22(29)30)12-16(13-24-21)26-33(31,32)20-10-6-5-9-19(20)23;3-2(4,5)1(6)7/h5-6,9-10,12-13,26H,7-8,11H2,1-4H3,(H,29,30);(H,6,7). The molecule has 1 aromatic carbocycles. The van der Waals surface area contributed by atoms with Gasteiger partial charge in [0.1, 0.15) is 16.3 Å². The second-order valence-electron chi connectivity index (χ2n) is 8.54. The summed E-state index contributed by atoms with van der Waals surface area (Å²) in [4.78, 5) is 26.7. The van der Waals surface area contributed by atoms with E-state index in [1.807, 2.05) is 25.6 Å². The number of aromatic nitrogens is 3. The number of carboxylic acids is 2. The number of carboxylic acid groups (broad SMARTS) is 2. The van der Waals surface area contributed by atoms with Crippen LogP contribution in [0.3, 0.4) is 0 Å². The molecule has 0 saturated heterocycles. The number of alkyl halides is 3. The topological polar surface area (TPSA) is 155 Å². The smallest absolute Gasteiger partial charge is 0.478 e. The van der Waals surface area contributed by atoms with Gasteiger partial charge in [0.15, 0.2) is 0 Å². The Morgan fingerprint density at radius 3 is 2.27 bits per heavy atom. The lowest BCUT2D eigenvalue weighted by atomic mass is 10.1. The van der Waals surface area contributed by atoms with Gasteiger partial charge in [-0.15, -0.1) is 0 Å². The number of aromatic carboxylic acids is 1. The molecule has 0 fully saturated rings. The number of pyridine rings is 1. The Balaban J connectivity index is 0.000000708. The van der Waals surface area contributed by atoms with Crippen LogP contribution in [0.1, 0.15) is 33.7 Å². The van der Waals surface area contributed by atoms with Gasteiger partial charge in [-0.05, 0) is 50.5 Å². The van der Waals surface area contributed by atoms with E-state index in [2.05, 4.69) is 14.8 Å². The minimum absolute atomic E-state index is 0.0334. The monoisotopic (exact) mass is 605 g/mol. The summed E-state index contributed by atoms with van der Waals surface area (Å²) in [6.45, 7) is 4.55. The highest BCUT2D eigenvalue weighted by Gasteiger charge is 2.38. The van der Waals surface area contributed by atoms with Gasteiger partial charge in [-0.2, -0.15) is 18.3 Å². The third kappa shape index (κ3) is 8.32. The minimum Gasteiger partial charge on any atom is -0.478 e. The van der Waals surface area contributed by atoms with Crippen molar-refractivity contribution in [3.63, 3.8) is 0 Å². The summed E-state index contributed by atoms with van der Waals surface area (Å²) >= 11 is 6.00. The van der Waals surface area contributed by atoms with Crippen LogP contribution in [0.2, 0.25) is 5.02 Å². The first kappa shape index (κ1) is 32.4. The number of anilines is 2. The highest BCUT2D eigenvalue weighted by molar-refractivity contribution is 7.92. The van der Waals surface area contributed by atoms with E-state index in [1.54, 1.807) is 24.1 Å². The van der Waals surface area contributed by atoms with Gasteiger partial charge in [0.05, 0.1) is 22.6 Å². The summed E-state index contributed by atoms with van der Waals surface area (Å²) in [6.07, 6.45) is -2.22. The summed E-state index contributed by atoms with van der Waals surface area (Å²) in [5.41, 5.74) is 3.20. The van der Waals surface area contributed by atoms with Crippen LogP contribution < -0.4 is 9.62 Å². The summed E-state index contributed by atoms with van der Waals surface area (Å²) in [6, 6.07) is 7.25. The molecule has 0 amide bonds. The molecular weight excluding hydrogens is 579 g/mol. The Bertz CT molecular complexity index is 1490. The van der Waals surface area contributed by atoms with E-state index in [0.29, 0.717) is 6.54 Å². The van der Waals surface area contributed by atoms with E-state index in [9.17, 15) is 31.5 Å². The van der Waals surface area contributed by atoms with Gasteiger partial charge >= 0.3 is 18.1 Å². The second kappa shape index (κ2) is 13.0. The maximum absolute atomic E-state index is 12.7. The molecule has 16 heteroatoms. The van der Waals surface area contributed by atoms with Crippen molar-refractivity contribution < 1.29 is 41.4 Å². The van der Waals surface area contributed by atoms with Crippen molar-refractivity contribution in [1.82, 2.24) is 14.8 Å². The van der Waals surface area contributed by atoms with Crippen LogP contribution in [0.5, 0.6) is 0 Å². The van der Waals surface area contributed by atoms with Crippen LogP contribution in [0.25, 0.3) is 0 Å². The molecular formula is C24H27ClF3N5O6S. The van der Waals surface area contributed by atoms with Crippen LogP contribution in [-0.4, -0.2) is 65.1 Å². The molecule has 0 aliphatic rings. The molecule has 0 spiro atoms. The van der Waals surface area contributed by atoms with E-state index >= 15 is 0 Å². The number of benzene rings is 1. The van der Waals surface area contributed by atoms with Gasteiger partial charge in [0, 0.05) is 26.3 Å². The molecule has 2 aromatic heterocycles. The zero-order valence-electron chi connectivity index (χ0n) is 21.8. The molecule has 218 valence electrons. The van der Waals surface area contributed by atoms with E-state index in [1.165, 1.54) is 30.0 Å². The first-order valence-electron chi connectivity index (χ1n) is 11.5. The molecule has 0 saturated carbocycles. The van der Waals surface area contributed by atoms with Gasteiger partial charge in [-0.25, -0.2) is 23.0 Å². The van der Waals surface area contributed by atoms with E-state index in [-0.39, 0.29) is 27.0 Å². The van der Waals surface area contributed by atoms with Gasteiger partial charge < -0.3 is 15.1 Å². The second-order valence-corrected chi connectivity index (χ2v) is 10.6. The van der Waals surface area contributed by atoms with Gasteiger partial charge in [-0.3, -0.25) is 9.40 Å². The number of nitrogens with one attached hydrogen (secondary N) is 1. The lowest BCUT2D eigenvalue weighted by Gasteiger charge is -2.21. The van der Waals surface area contributed by atoms with Crippen molar-refractivity contribution in [1.29, 1.82) is 0 Å². The zero-order valence-corrected chi connectivity index (χ0v) is 23.4. The molecule has 40 heavy (non-hydrogen) atoms. The summed E-state index contributed by atoms with van der Waals surface area (Å²) in [7, 11) is -0.346. The minimum atomic E-state index is -5.08. The summed E-state index contributed by atoms with van der Waals surface area (Å²) in [5.74, 6) is -3.71. The van der Waals surface area contributed by atoms with Gasteiger partial charge in [-0.1, -0.05) is 23.7 Å².